The second-order valence-electron chi connectivity index (χ2n) is 8.91. The number of piperazine rings is 1. The first-order valence-electron chi connectivity index (χ1n) is 11.7. The lowest BCUT2D eigenvalue weighted by Gasteiger charge is -2.34. The average Bonchev–Trinajstić information content (AvgIpc) is 3.29. The Balaban J connectivity index is 1.23. The van der Waals surface area contributed by atoms with Crippen LogP contribution < -0.4 is 20.4 Å². The molecule has 3 N–H and O–H groups in total. The van der Waals surface area contributed by atoms with Crippen molar-refractivity contribution in [3.63, 3.8) is 0 Å². The Morgan fingerprint density at radius 1 is 0.853 bits per heavy atom. The number of likely N-dealkylation sites (N-methyl/N-ethyl adjacent to an activating group) is 1. The maximum atomic E-state index is 9.76. The number of aliphatic hydroxyl groups is 1. The third kappa shape index (κ3) is 5.35. The molecular formula is C25H30ClN7O. The van der Waals surface area contributed by atoms with Gasteiger partial charge in [0, 0.05) is 62.0 Å². The van der Waals surface area contributed by atoms with Gasteiger partial charge in [-0.25, -0.2) is 4.98 Å². The third-order valence-corrected chi connectivity index (χ3v) is 6.67. The smallest absolute Gasteiger partial charge is 0.229 e. The van der Waals surface area contributed by atoms with Crippen molar-refractivity contribution < 1.29 is 5.11 Å². The summed E-state index contributed by atoms with van der Waals surface area (Å²) in [5, 5.41) is 16.8. The highest BCUT2D eigenvalue weighted by molar-refractivity contribution is 6.32. The van der Waals surface area contributed by atoms with Gasteiger partial charge >= 0.3 is 0 Å². The van der Waals surface area contributed by atoms with Crippen LogP contribution in [0.1, 0.15) is 6.42 Å². The summed E-state index contributed by atoms with van der Waals surface area (Å²) in [4.78, 5) is 15.8. The summed E-state index contributed by atoms with van der Waals surface area (Å²) in [5.41, 5.74) is 4.12. The zero-order valence-electron chi connectivity index (χ0n) is 19.3. The fourth-order valence-corrected chi connectivity index (χ4v) is 4.47. The van der Waals surface area contributed by atoms with Gasteiger partial charge in [0.1, 0.15) is 5.02 Å². The van der Waals surface area contributed by atoms with Crippen LogP contribution in [0.15, 0.2) is 54.7 Å². The predicted octanol–water partition coefficient (Wildman–Crippen LogP) is 3.94. The molecule has 0 amide bonds. The van der Waals surface area contributed by atoms with Crippen LogP contribution >= 0.6 is 11.6 Å². The SMILES string of the molecule is CN1CCN(c2ccc(Nc3ncc(Cl)c(Nc4ccc(N5CC[C@@H](O)C5)cc4)n3)cc2)CC1. The molecular weight excluding hydrogens is 450 g/mol. The van der Waals surface area contributed by atoms with Gasteiger partial charge in [0.2, 0.25) is 5.95 Å². The normalized spacial score (nSPS) is 18.9. The molecule has 0 spiro atoms. The molecule has 1 aromatic heterocycles. The molecule has 2 aromatic carbocycles. The number of nitrogens with zero attached hydrogens (tertiary/aromatic N) is 5. The molecule has 3 heterocycles. The van der Waals surface area contributed by atoms with E-state index in [9.17, 15) is 5.11 Å². The molecule has 0 saturated carbocycles. The van der Waals surface area contributed by atoms with Gasteiger partial charge in [-0.15, -0.1) is 0 Å². The van der Waals surface area contributed by atoms with Crippen LogP contribution in [0.4, 0.5) is 34.5 Å². The summed E-state index contributed by atoms with van der Waals surface area (Å²) < 4.78 is 0. The Labute approximate surface area is 205 Å². The Hall–Kier alpha value is -3.07. The Morgan fingerprint density at radius 2 is 1.47 bits per heavy atom. The standard InChI is InChI=1S/C25H30ClN7O/c1-31-12-14-32(15-13-31)20-6-4-19(5-7-20)29-25-27-16-23(26)24(30-25)28-18-2-8-21(9-3-18)33-11-10-22(34)17-33/h2-9,16,22,34H,10-15,17H2,1H3,(H2,27,28,29,30)/t22-/m1/s1. The van der Waals surface area contributed by atoms with Gasteiger partial charge in [-0.2, -0.15) is 4.98 Å². The molecule has 8 nitrogen and oxygen atoms in total. The van der Waals surface area contributed by atoms with Gasteiger partial charge in [-0.3, -0.25) is 0 Å². The van der Waals surface area contributed by atoms with Crippen molar-refractivity contribution in [1.82, 2.24) is 14.9 Å². The van der Waals surface area contributed by atoms with E-state index in [1.54, 1.807) is 6.20 Å². The van der Waals surface area contributed by atoms with Gasteiger partial charge in [0.15, 0.2) is 5.82 Å². The second kappa shape index (κ2) is 10.0. The van der Waals surface area contributed by atoms with E-state index in [1.807, 2.05) is 36.4 Å². The largest absolute Gasteiger partial charge is 0.391 e. The summed E-state index contributed by atoms with van der Waals surface area (Å²) >= 11 is 6.36. The maximum absolute atomic E-state index is 9.76. The molecule has 0 aliphatic carbocycles. The molecule has 0 bridgehead atoms. The zero-order chi connectivity index (χ0) is 23.5. The molecule has 2 aliphatic rings. The summed E-state index contributed by atoms with van der Waals surface area (Å²) in [6.07, 6.45) is 2.16. The first kappa shape index (κ1) is 22.7. The van der Waals surface area contributed by atoms with E-state index in [-0.39, 0.29) is 6.10 Å². The fourth-order valence-electron chi connectivity index (χ4n) is 4.33. The van der Waals surface area contributed by atoms with Crippen molar-refractivity contribution in [3.8, 4) is 0 Å². The Morgan fingerprint density at radius 3 is 2.09 bits per heavy atom. The monoisotopic (exact) mass is 479 g/mol. The van der Waals surface area contributed by atoms with E-state index < -0.39 is 0 Å². The lowest BCUT2D eigenvalue weighted by Crippen LogP contribution is -2.44. The van der Waals surface area contributed by atoms with Crippen LogP contribution in [0.2, 0.25) is 5.02 Å². The average molecular weight is 480 g/mol. The van der Waals surface area contributed by atoms with Gasteiger partial charge in [0.25, 0.3) is 0 Å². The van der Waals surface area contributed by atoms with E-state index in [0.29, 0.717) is 23.3 Å². The van der Waals surface area contributed by atoms with Crippen LogP contribution in [-0.4, -0.2) is 72.4 Å². The minimum Gasteiger partial charge on any atom is -0.391 e. The number of aromatic nitrogens is 2. The number of hydrogen-bond donors (Lipinski definition) is 3. The van der Waals surface area contributed by atoms with Crippen molar-refractivity contribution in [2.45, 2.75) is 12.5 Å². The lowest BCUT2D eigenvalue weighted by atomic mass is 10.2. The van der Waals surface area contributed by atoms with Crippen molar-refractivity contribution >= 4 is 46.1 Å². The number of aliphatic hydroxyl groups excluding tert-OH is 1. The van der Waals surface area contributed by atoms with Gasteiger partial charge in [0.05, 0.1) is 12.3 Å². The topological polar surface area (TPSA) is 79.8 Å². The predicted molar refractivity (Wildman–Crippen MR) is 139 cm³/mol. The Bertz CT molecular complexity index is 1100. The maximum Gasteiger partial charge on any atom is 0.229 e. The first-order valence-corrected chi connectivity index (χ1v) is 12.0. The van der Waals surface area contributed by atoms with Crippen molar-refractivity contribution in [3.05, 3.63) is 59.8 Å². The first-order chi connectivity index (χ1) is 16.5. The quantitative estimate of drug-likeness (QED) is 0.490. The molecule has 5 rings (SSSR count). The van der Waals surface area contributed by atoms with E-state index in [1.165, 1.54) is 5.69 Å². The third-order valence-electron chi connectivity index (χ3n) is 6.39. The van der Waals surface area contributed by atoms with E-state index in [0.717, 1.165) is 56.2 Å². The summed E-state index contributed by atoms with van der Waals surface area (Å²) in [7, 11) is 2.16. The number of benzene rings is 2. The highest BCUT2D eigenvalue weighted by Crippen LogP contribution is 2.28. The van der Waals surface area contributed by atoms with E-state index in [4.69, 9.17) is 11.6 Å². The van der Waals surface area contributed by atoms with E-state index in [2.05, 4.69) is 54.5 Å². The van der Waals surface area contributed by atoms with Crippen molar-refractivity contribution in [2.75, 3.05) is 66.7 Å². The molecule has 2 fully saturated rings. The second-order valence-corrected chi connectivity index (χ2v) is 9.32. The summed E-state index contributed by atoms with van der Waals surface area (Å²) in [5.74, 6) is 1.01. The number of β-amino-alcohol motifs (C(OH)–C–C–N with tert-alkyl or cyclic N) is 1. The number of nitrogens with one attached hydrogen (secondary N) is 2. The van der Waals surface area contributed by atoms with Crippen LogP contribution in [0, 0.1) is 0 Å². The van der Waals surface area contributed by atoms with E-state index >= 15 is 0 Å². The molecule has 0 unspecified atom stereocenters. The van der Waals surface area contributed by atoms with Crippen molar-refractivity contribution in [2.24, 2.45) is 0 Å². The molecule has 178 valence electrons. The minimum atomic E-state index is -0.244. The summed E-state index contributed by atoms with van der Waals surface area (Å²) in [6, 6.07) is 16.4. The van der Waals surface area contributed by atoms with Crippen LogP contribution in [0.25, 0.3) is 0 Å². The lowest BCUT2D eigenvalue weighted by molar-refractivity contribution is 0.198. The molecule has 34 heavy (non-hydrogen) atoms. The molecule has 2 aliphatic heterocycles. The molecule has 1 atom stereocenters. The molecule has 3 aromatic rings. The van der Waals surface area contributed by atoms with Crippen molar-refractivity contribution in [1.29, 1.82) is 0 Å². The van der Waals surface area contributed by atoms with Gasteiger partial charge in [-0.1, -0.05) is 11.6 Å². The molecule has 2 saturated heterocycles. The van der Waals surface area contributed by atoms with Gasteiger partial charge in [-0.05, 0) is 62.0 Å². The highest BCUT2D eigenvalue weighted by Gasteiger charge is 2.20. The number of hydrogen-bond acceptors (Lipinski definition) is 8. The van der Waals surface area contributed by atoms with Crippen LogP contribution in [0.3, 0.4) is 0 Å². The fraction of sp³-hybridized carbons (Fsp3) is 0.360. The van der Waals surface area contributed by atoms with Crippen LogP contribution in [0.5, 0.6) is 0 Å². The molecule has 0 radical (unpaired) electrons. The zero-order valence-corrected chi connectivity index (χ0v) is 20.0. The molecule has 9 heteroatoms. The van der Waals surface area contributed by atoms with Gasteiger partial charge < -0.3 is 30.4 Å². The Kier molecular flexibility index (Phi) is 6.71. The number of rotatable bonds is 6. The number of anilines is 6. The van der Waals surface area contributed by atoms with Crippen LogP contribution in [-0.2, 0) is 0 Å². The highest BCUT2D eigenvalue weighted by atomic mass is 35.5. The number of halogens is 1. The summed E-state index contributed by atoms with van der Waals surface area (Å²) in [6.45, 7) is 5.79. The minimum absolute atomic E-state index is 0.244.